The molecule has 1 aliphatic rings. The van der Waals surface area contributed by atoms with Gasteiger partial charge in [0.25, 0.3) is 5.91 Å². The van der Waals surface area contributed by atoms with Gasteiger partial charge < -0.3 is 20.2 Å². The summed E-state index contributed by atoms with van der Waals surface area (Å²) in [5.74, 6) is 0.0809. The Morgan fingerprint density at radius 1 is 0.966 bits per heavy atom. The molecule has 1 fully saturated rings. The van der Waals surface area contributed by atoms with E-state index in [1.54, 1.807) is 16.2 Å². The molecular formula is C20H22N4O2S3. The summed E-state index contributed by atoms with van der Waals surface area (Å²) in [6.45, 7) is 2.70. The first-order valence-corrected chi connectivity index (χ1v) is 11.9. The molecule has 1 saturated heterocycles. The van der Waals surface area contributed by atoms with Crippen molar-refractivity contribution < 1.29 is 9.90 Å². The summed E-state index contributed by atoms with van der Waals surface area (Å²) >= 11 is 4.43. The van der Waals surface area contributed by atoms with Crippen LogP contribution in [0.2, 0.25) is 0 Å². The van der Waals surface area contributed by atoms with Crippen LogP contribution in [0.3, 0.4) is 0 Å². The molecule has 3 aromatic rings. The lowest BCUT2D eigenvalue weighted by molar-refractivity contribution is -0.149. The van der Waals surface area contributed by atoms with Crippen molar-refractivity contribution in [2.75, 3.05) is 26.2 Å². The van der Waals surface area contributed by atoms with E-state index in [1.165, 1.54) is 27.6 Å². The number of aliphatic hydroxyl groups is 1. The maximum absolute atomic E-state index is 13.4. The van der Waals surface area contributed by atoms with E-state index in [0.29, 0.717) is 48.4 Å². The average Bonchev–Trinajstić information content (AvgIpc) is 3.53. The number of hydrogen-bond donors (Lipinski definition) is 3. The number of carbonyl (C=O) groups excluding carboxylic acids is 1. The minimum absolute atomic E-state index is 0.292. The number of nitrogens with one attached hydrogen (secondary N) is 2. The Bertz CT molecular complexity index is 896. The standard InChI is InChI=1S/C20H22N4O2S3/c21-19(22-14-15-4-1-11-27-15)24-9-7-23(8-10-24)18(25)20(26,16-5-2-12-28-16)17-6-3-13-29-17/h1-6,11-13,26H,7-10,14H2,(H2,21,22). The largest absolute Gasteiger partial charge is 0.371 e. The molecule has 0 aromatic carbocycles. The van der Waals surface area contributed by atoms with Gasteiger partial charge >= 0.3 is 0 Å². The molecule has 0 saturated carbocycles. The third-order valence-electron chi connectivity index (χ3n) is 4.96. The van der Waals surface area contributed by atoms with Crippen LogP contribution in [0.1, 0.15) is 14.6 Å². The van der Waals surface area contributed by atoms with Crippen LogP contribution in [0, 0.1) is 5.41 Å². The highest BCUT2D eigenvalue weighted by molar-refractivity contribution is 7.12. The number of guanidine groups is 1. The lowest BCUT2D eigenvalue weighted by Crippen LogP contribution is -2.57. The predicted molar refractivity (Wildman–Crippen MR) is 119 cm³/mol. The Kier molecular flexibility index (Phi) is 6.00. The lowest BCUT2D eigenvalue weighted by Gasteiger charge is -2.39. The van der Waals surface area contributed by atoms with Gasteiger partial charge in [0.1, 0.15) is 0 Å². The summed E-state index contributed by atoms with van der Waals surface area (Å²) < 4.78 is 0. The molecule has 3 aromatic heterocycles. The molecule has 0 aliphatic carbocycles. The van der Waals surface area contributed by atoms with Crippen LogP contribution in [0.15, 0.2) is 52.5 Å². The quantitative estimate of drug-likeness (QED) is 0.416. The minimum Gasteiger partial charge on any atom is -0.371 e. The summed E-state index contributed by atoms with van der Waals surface area (Å²) in [5, 5.41) is 28.7. The Morgan fingerprint density at radius 2 is 1.52 bits per heavy atom. The molecule has 0 spiro atoms. The summed E-state index contributed by atoms with van der Waals surface area (Å²) in [5.41, 5.74) is -1.64. The zero-order valence-corrected chi connectivity index (χ0v) is 18.2. The fourth-order valence-corrected chi connectivity index (χ4v) is 5.73. The molecule has 1 aliphatic heterocycles. The molecule has 6 nitrogen and oxygen atoms in total. The summed E-state index contributed by atoms with van der Waals surface area (Å²) in [6.07, 6.45) is 0. The third-order valence-corrected chi connectivity index (χ3v) is 7.79. The first-order valence-electron chi connectivity index (χ1n) is 9.28. The van der Waals surface area contributed by atoms with E-state index in [2.05, 4.69) is 5.32 Å². The smallest absolute Gasteiger partial charge is 0.265 e. The van der Waals surface area contributed by atoms with E-state index < -0.39 is 5.60 Å². The van der Waals surface area contributed by atoms with Gasteiger partial charge in [-0.2, -0.15) is 0 Å². The van der Waals surface area contributed by atoms with Crippen LogP contribution in [-0.4, -0.2) is 53.0 Å². The molecule has 1 amide bonds. The topological polar surface area (TPSA) is 79.7 Å². The van der Waals surface area contributed by atoms with Crippen molar-refractivity contribution in [3.8, 4) is 0 Å². The Balaban J connectivity index is 1.41. The van der Waals surface area contributed by atoms with Gasteiger partial charge in [-0.25, -0.2) is 0 Å². The second kappa shape index (κ2) is 8.66. The van der Waals surface area contributed by atoms with Gasteiger partial charge in [-0.1, -0.05) is 18.2 Å². The highest BCUT2D eigenvalue weighted by Gasteiger charge is 2.45. The van der Waals surface area contributed by atoms with E-state index in [1.807, 2.05) is 57.4 Å². The zero-order valence-electron chi connectivity index (χ0n) is 15.7. The number of thiophene rings is 3. The van der Waals surface area contributed by atoms with E-state index >= 15 is 0 Å². The SMILES string of the molecule is N=C(NCc1cccs1)N1CCN(C(=O)C(O)(c2cccs2)c2cccs2)CC1. The second-order valence-electron chi connectivity index (χ2n) is 6.73. The molecule has 4 rings (SSSR count). The molecule has 9 heteroatoms. The van der Waals surface area contributed by atoms with Crippen LogP contribution in [0.5, 0.6) is 0 Å². The first-order chi connectivity index (χ1) is 14.1. The molecule has 0 unspecified atom stereocenters. The van der Waals surface area contributed by atoms with Gasteiger partial charge in [0.15, 0.2) is 5.96 Å². The highest BCUT2D eigenvalue weighted by atomic mass is 32.1. The maximum Gasteiger partial charge on any atom is 0.265 e. The summed E-state index contributed by atoms with van der Waals surface area (Å²) in [4.78, 5) is 19.5. The summed E-state index contributed by atoms with van der Waals surface area (Å²) in [6, 6.07) is 11.4. The predicted octanol–water partition coefficient (Wildman–Crippen LogP) is 2.98. The monoisotopic (exact) mass is 446 g/mol. The number of hydrogen-bond acceptors (Lipinski definition) is 6. The van der Waals surface area contributed by atoms with Crippen LogP contribution in [0.25, 0.3) is 0 Å². The molecule has 0 radical (unpaired) electrons. The van der Waals surface area contributed by atoms with Crippen LogP contribution >= 0.6 is 34.0 Å². The van der Waals surface area contributed by atoms with Crippen molar-refractivity contribution in [2.24, 2.45) is 0 Å². The fraction of sp³-hybridized carbons (Fsp3) is 0.300. The number of piperazine rings is 1. The van der Waals surface area contributed by atoms with Gasteiger partial charge in [0.2, 0.25) is 5.60 Å². The lowest BCUT2D eigenvalue weighted by atomic mass is 9.97. The van der Waals surface area contributed by atoms with Crippen LogP contribution in [-0.2, 0) is 16.9 Å². The maximum atomic E-state index is 13.4. The average molecular weight is 447 g/mol. The Hall–Kier alpha value is -2.20. The van der Waals surface area contributed by atoms with Gasteiger partial charge in [-0.3, -0.25) is 10.2 Å². The van der Waals surface area contributed by atoms with Crippen molar-refractivity contribution in [2.45, 2.75) is 12.1 Å². The highest BCUT2D eigenvalue weighted by Crippen LogP contribution is 2.37. The van der Waals surface area contributed by atoms with Crippen molar-refractivity contribution in [1.82, 2.24) is 15.1 Å². The molecule has 29 heavy (non-hydrogen) atoms. The van der Waals surface area contributed by atoms with E-state index in [-0.39, 0.29) is 5.91 Å². The van der Waals surface area contributed by atoms with E-state index in [4.69, 9.17) is 5.41 Å². The van der Waals surface area contributed by atoms with Gasteiger partial charge in [-0.15, -0.1) is 34.0 Å². The van der Waals surface area contributed by atoms with Crippen molar-refractivity contribution in [1.29, 1.82) is 5.41 Å². The number of rotatable bonds is 5. The Labute approximate surface area is 181 Å². The third kappa shape index (κ3) is 4.09. The first kappa shape index (κ1) is 20.1. The van der Waals surface area contributed by atoms with Crippen molar-refractivity contribution in [3.05, 3.63) is 67.2 Å². The molecular weight excluding hydrogens is 424 g/mol. The normalized spacial score (nSPS) is 14.8. The van der Waals surface area contributed by atoms with Crippen molar-refractivity contribution in [3.63, 3.8) is 0 Å². The Morgan fingerprint density at radius 3 is 2.03 bits per heavy atom. The molecule has 4 heterocycles. The zero-order chi connectivity index (χ0) is 20.3. The number of carbonyl (C=O) groups is 1. The van der Waals surface area contributed by atoms with Crippen LogP contribution in [0.4, 0.5) is 0 Å². The van der Waals surface area contributed by atoms with Gasteiger partial charge in [0, 0.05) is 31.1 Å². The van der Waals surface area contributed by atoms with Crippen molar-refractivity contribution >= 4 is 45.9 Å². The van der Waals surface area contributed by atoms with Crippen LogP contribution < -0.4 is 5.32 Å². The summed E-state index contributed by atoms with van der Waals surface area (Å²) in [7, 11) is 0. The van der Waals surface area contributed by atoms with E-state index in [9.17, 15) is 9.90 Å². The minimum atomic E-state index is -1.64. The molecule has 0 atom stereocenters. The van der Waals surface area contributed by atoms with E-state index in [0.717, 1.165) is 0 Å². The molecule has 3 N–H and O–H groups in total. The fourth-order valence-electron chi connectivity index (χ4n) is 3.36. The number of nitrogens with zero attached hydrogens (tertiary/aromatic N) is 2. The molecule has 152 valence electrons. The number of amides is 1. The van der Waals surface area contributed by atoms with Gasteiger partial charge in [0.05, 0.1) is 16.3 Å². The van der Waals surface area contributed by atoms with Gasteiger partial charge in [-0.05, 0) is 34.3 Å². The second-order valence-corrected chi connectivity index (χ2v) is 9.65. The molecule has 0 bridgehead atoms.